The molecule has 0 radical (unpaired) electrons. The lowest BCUT2D eigenvalue weighted by molar-refractivity contribution is 0.0597. The summed E-state index contributed by atoms with van der Waals surface area (Å²) in [7, 11) is -3.35. The van der Waals surface area contributed by atoms with E-state index in [0.29, 0.717) is 17.7 Å². The predicted octanol–water partition coefficient (Wildman–Crippen LogP) is 3.91. The minimum absolute atomic E-state index is 0.0143. The summed E-state index contributed by atoms with van der Waals surface area (Å²) >= 11 is 0. The first-order chi connectivity index (χ1) is 12.9. The van der Waals surface area contributed by atoms with Gasteiger partial charge in [0.15, 0.2) is 9.84 Å². The van der Waals surface area contributed by atoms with E-state index in [1.807, 2.05) is 43.0 Å². The molecule has 2 saturated heterocycles. The lowest BCUT2D eigenvalue weighted by atomic mass is 9.98. The monoisotopic (exact) mass is 383 g/mol. The first-order valence-corrected chi connectivity index (χ1v) is 11.1. The van der Waals surface area contributed by atoms with Crippen molar-refractivity contribution in [3.05, 3.63) is 65.2 Å². The van der Waals surface area contributed by atoms with E-state index >= 15 is 0 Å². The van der Waals surface area contributed by atoms with Gasteiger partial charge in [0.1, 0.15) is 0 Å². The molecule has 4 nitrogen and oxygen atoms in total. The van der Waals surface area contributed by atoms with Crippen molar-refractivity contribution in [2.45, 2.75) is 61.8 Å². The van der Waals surface area contributed by atoms with E-state index in [4.69, 9.17) is 0 Å². The third kappa shape index (κ3) is 3.18. The van der Waals surface area contributed by atoms with Gasteiger partial charge in [-0.25, -0.2) is 8.42 Å². The second kappa shape index (κ2) is 6.79. The fourth-order valence-electron chi connectivity index (χ4n) is 4.71. The largest absolute Gasteiger partial charge is 0.333 e. The Morgan fingerprint density at radius 2 is 1.59 bits per heavy atom. The van der Waals surface area contributed by atoms with E-state index in [-0.39, 0.29) is 18.0 Å². The maximum atomic E-state index is 13.2. The van der Waals surface area contributed by atoms with Crippen LogP contribution < -0.4 is 0 Å². The Labute approximate surface area is 161 Å². The zero-order chi connectivity index (χ0) is 19.2. The van der Waals surface area contributed by atoms with E-state index in [1.165, 1.54) is 0 Å². The molecule has 142 valence electrons. The molecule has 2 unspecified atom stereocenters. The van der Waals surface area contributed by atoms with Crippen molar-refractivity contribution in [1.82, 2.24) is 4.90 Å². The number of nitrogens with zero attached hydrogens (tertiary/aromatic N) is 1. The van der Waals surface area contributed by atoms with Crippen molar-refractivity contribution in [3.63, 3.8) is 0 Å². The molecule has 4 rings (SSSR count). The quantitative estimate of drug-likeness (QED) is 0.807. The lowest BCUT2D eigenvalue weighted by Gasteiger charge is -2.39. The summed E-state index contributed by atoms with van der Waals surface area (Å²) in [4.78, 5) is 15.6. The van der Waals surface area contributed by atoms with Gasteiger partial charge in [0.2, 0.25) is 0 Å². The van der Waals surface area contributed by atoms with Crippen LogP contribution >= 0.6 is 0 Å². The van der Waals surface area contributed by atoms with E-state index in [1.54, 1.807) is 24.3 Å². The molecule has 2 fully saturated rings. The van der Waals surface area contributed by atoms with E-state index < -0.39 is 15.1 Å². The molecule has 0 N–H and O–H groups in total. The minimum atomic E-state index is -3.35. The van der Waals surface area contributed by atoms with Crippen molar-refractivity contribution in [2.75, 3.05) is 0 Å². The predicted molar refractivity (Wildman–Crippen MR) is 106 cm³/mol. The van der Waals surface area contributed by atoms with E-state index in [2.05, 4.69) is 0 Å². The number of hydrogen-bond acceptors (Lipinski definition) is 3. The Balaban J connectivity index is 1.58. The summed E-state index contributed by atoms with van der Waals surface area (Å²) in [6.07, 6.45) is 2.85. The van der Waals surface area contributed by atoms with Crippen LogP contribution in [0, 0.1) is 13.8 Å². The van der Waals surface area contributed by atoms with Crippen LogP contribution in [-0.4, -0.2) is 36.6 Å². The Bertz CT molecular complexity index is 954. The number of fused-ring (bicyclic) bond motifs is 2. The van der Waals surface area contributed by atoms with Crippen LogP contribution in [0.1, 0.15) is 47.2 Å². The van der Waals surface area contributed by atoms with Crippen LogP contribution in [0.4, 0.5) is 0 Å². The molecule has 2 aromatic carbocycles. The van der Waals surface area contributed by atoms with Crippen LogP contribution in [-0.2, 0) is 9.84 Å². The Hall–Kier alpha value is -2.14. The van der Waals surface area contributed by atoms with Gasteiger partial charge >= 0.3 is 0 Å². The van der Waals surface area contributed by atoms with Gasteiger partial charge < -0.3 is 4.90 Å². The number of carbonyl (C=O) groups is 1. The van der Waals surface area contributed by atoms with Gasteiger partial charge in [-0.15, -0.1) is 0 Å². The number of piperidine rings is 1. The number of aryl methyl sites for hydroxylation is 2. The van der Waals surface area contributed by atoms with Gasteiger partial charge in [0, 0.05) is 17.6 Å². The topological polar surface area (TPSA) is 54.5 Å². The summed E-state index contributed by atoms with van der Waals surface area (Å²) in [5.74, 6) is 0.0514. The Morgan fingerprint density at radius 3 is 2.19 bits per heavy atom. The van der Waals surface area contributed by atoms with E-state index in [0.717, 1.165) is 29.5 Å². The molecule has 27 heavy (non-hydrogen) atoms. The minimum Gasteiger partial charge on any atom is -0.333 e. The number of carbonyl (C=O) groups excluding carboxylic acids is 1. The summed E-state index contributed by atoms with van der Waals surface area (Å²) in [5, 5.41) is -0.402. The number of hydrogen-bond donors (Lipinski definition) is 0. The summed E-state index contributed by atoms with van der Waals surface area (Å²) in [5.41, 5.74) is 2.86. The molecule has 2 atom stereocenters. The number of benzene rings is 2. The molecule has 2 heterocycles. The zero-order valence-electron chi connectivity index (χ0n) is 15.8. The van der Waals surface area contributed by atoms with Crippen LogP contribution in [0.5, 0.6) is 0 Å². The molecule has 2 bridgehead atoms. The Morgan fingerprint density at radius 1 is 0.963 bits per heavy atom. The maximum Gasteiger partial charge on any atom is 0.254 e. The molecule has 0 aromatic heterocycles. The number of rotatable bonds is 3. The first kappa shape index (κ1) is 18.2. The van der Waals surface area contributed by atoms with Gasteiger partial charge in [-0.3, -0.25) is 4.79 Å². The first-order valence-electron chi connectivity index (χ1n) is 9.57. The molecule has 0 saturated carbocycles. The number of sulfone groups is 1. The summed E-state index contributed by atoms with van der Waals surface area (Å²) in [6.45, 7) is 3.99. The van der Waals surface area contributed by atoms with Crippen molar-refractivity contribution in [2.24, 2.45) is 0 Å². The third-order valence-electron chi connectivity index (χ3n) is 6.05. The van der Waals surface area contributed by atoms with Crippen molar-refractivity contribution in [3.8, 4) is 0 Å². The van der Waals surface area contributed by atoms with E-state index in [9.17, 15) is 13.2 Å². The van der Waals surface area contributed by atoms with Gasteiger partial charge in [0.05, 0.1) is 10.1 Å². The molecule has 2 aliphatic rings. The zero-order valence-corrected chi connectivity index (χ0v) is 16.6. The average molecular weight is 384 g/mol. The second-order valence-corrected chi connectivity index (χ2v) is 10.1. The molecule has 2 aromatic rings. The molecular formula is C22H25NO3S. The van der Waals surface area contributed by atoms with Crippen LogP contribution in [0.2, 0.25) is 0 Å². The number of amides is 1. The van der Waals surface area contributed by atoms with Gasteiger partial charge in [0.25, 0.3) is 5.91 Å². The highest BCUT2D eigenvalue weighted by Gasteiger charge is 2.47. The fraction of sp³-hybridized carbons (Fsp3) is 0.409. The van der Waals surface area contributed by atoms with Crippen molar-refractivity contribution < 1.29 is 13.2 Å². The average Bonchev–Trinajstić information content (AvgIpc) is 2.91. The molecule has 1 amide bonds. The summed E-state index contributed by atoms with van der Waals surface area (Å²) in [6, 6.07) is 14.6. The summed E-state index contributed by atoms with van der Waals surface area (Å²) < 4.78 is 26.1. The maximum absolute atomic E-state index is 13.2. The highest BCUT2D eigenvalue weighted by atomic mass is 32.2. The molecule has 2 aliphatic heterocycles. The fourth-order valence-corrected chi connectivity index (χ4v) is 6.58. The normalized spacial score (nSPS) is 24.8. The standard InChI is InChI=1S/C22H25NO3S/c1-15-8-11-21(16(2)12-15)22(24)23-17-9-10-18(23)14-20(13-17)27(25,26)19-6-4-3-5-7-19/h3-8,11-12,17-18,20H,9-10,13-14H2,1-2H3. The van der Waals surface area contributed by atoms with Gasteiger partial charge in [-0.1, -0.05) is 35.9 Å². The van der Waals surface area contributed by atoms with Crippen LogP contribution in [0.25, 0.3) is 0 Å². The smallest absolute Gasteiger partial charge is 0.254 e. The highest BCUT2D eigenvalue weighted by Crippen LogP contribution is 2.40. The SMILES string of the molecule is Cc1ccc(C(=O)N2C3CCC2CC(S(=O)(=O)c2ccccc2)C3)c(C)c1. The molecular weight excluding hydrogens is 358 g/mol. The van der Waals surface area contributed by atoms with Crippen LogP contribution in [0.3, 0.4) is 0 Å². The second-order valence-electron chi connectivity index (χ2n) is 7.87. The van der Waals surface area contributed by atoms with Crippen LogP contribution in [0.15, 0.2) is 53.4 Å². The molecule has 5 heteroatoms. The highest BCUT2D eigenvalue weighted by molar-refractivity contribution is 7.92. The molecule has 0 aliphatic carbocycles. The molecule has 0 spiro atoms. The van der Waals surface area contributed by atoms with Crippen molar-refractivity contribution in [1.29, 1.82) is 0 Å². The third-order valence-corrected chi connectivity index (χ3v) is 8.24. The lowest BCUT2D eigenvalue weighted by Crippen LogP contribution is -2.49. The van der Waals surface area contributed by atoms with Gasteiger partial charge in [-0.2, -0.15) is 0 Å². The Kier molecular flexibility index (Phi) is 4.58. The van der Waals surface area contributed by atoms with Gasteiger partial charge in [-0.05, 0) is 63.3 Å². The van der Waals surface area contributed by atoms with Crippen molar-refractivity contribution >= 4 is 15.7 Å².